The summed E-state index contributed by atoms with van der Waals surface area (Å²) in [5.41, 5.74) is 0.0844. The number of carbonyl (C=O) groups is 1. The van der Waals surface area contributed by atoms with Gasteiger partial charge in [0.2, 0.25) is 5.88 Å². The lowest BCUT2D eigenvalue weighted by molar-refractivity contribution is 0.0383. The van der Waals surface area contributed by atoms with Crippen LogP contribution in [-0.2, 0) is 4.74 Å². The van der Waals surface area contributed by atoms with E-state index in [1.54, 1.807) is 0 Å². The summed E-state index contributed by atoms with van der Waals surface area (Å²) in [4.78, 5) is 22.8. The number of rotatable bonds is 7. The number of anilines is 1. The molecule has 23 heavy (non-hydrogen) atoms. The number of amides is 1. The van der Waals surface area contributed by atoms with E-state index in [4.69, 9.17) is 21.1 Å². The van der Waals surface area contributed by atoms with E-state index in [0.717, 1.165) is 32.8 Å². The van der Waals surface area contributed by atoms with E-state index in [9.17, 15) is 4.79 Å². The third kappa shape index (κ3) is 4.92. The minimum atomic E-state index is -0.354. The molecule has 2 N–H and O–H groups in total. The predicted molar refractivity (Wildman–Crippen MR) is 87.3 cm³/mol. The van der Waals surface area contributed by atoms with Crippen molar-refractivity contribution in [3.63, 3.8) is 0 Å². The second kappa shape index (κ2) is 8.85. The van der Waals surface area contributed by atoms with Crippen molar-refractivity contribution in [3.05, 3.63) is 10.8 Å². The smallest absolute Gasteiger partial charge is 0.275 e. The zero-order valence-corrected chi connectivity index (χ0v) is 14.2. The van der Waals surface area contributed by atoms with Gasteiger partial charge in [0.1, 0.15) is 0 Å². The van der Waals surface area contributed by atoms with Crippen LogP contribution in [0.2, 0.25) is 5.15 Å². The molecule has 0 bridgehead atoms. The lowest BCUT2D eigenvalue weighted by atomic mass is 10.3. The summed E-state index contributed by atoms with van der Waals surface area (Å²) in [6, 6.07) is 0. The lowest BCUT2D eigenvalue weighted by Gasteiger charge is -2.26. The molecule has 128 valence electrons. The minimum Gasteiger partial charge on any atom is -0.479 e. The Hall–Kier alpha value is -1.64. The fourth-order valence-corrected chi connectivity index (χ4v) is 2.40. The van der Waals surface area contributed by atoms with Gasteiger partial charge in [0.05, 0.1) is 20.3 Å². The van der Waals surface area contributed by atoms with Gasteiger partial charge in [-0.2, -0.15) is 4.98 Å². The van der Waals surface area contributed by atoms with Gasteiger partial charge in [-0.3, -0.25) is 9.69 Å². The fraction of sp³-hybridized carbons (Fsp3) is 0.643. The molecule has 1 aromatic heterocycles. The first-order valence-electron chi connectivity index (χ1n) is 7.59. The molecular formula is C14H22ClN5O3. The Morgan fingerprint density at radius 1 is 1.39 bits per heavy atom. The van der Waals surface area contributed by atoms with Crippen LogP contribution >= 0.6 is 11.6 Å². The van der Waals surface area contributed by atoms with Crippen LogP contribution in [0.3, 0.4) is 0 Å². The molecule has 1 aromatic rings. The zero-order valence-electron chi connectivity index (χ0n) is 13.4. The SMILES string of the molecule is CCNc1nc(OC)c(C(=O)NCCN2CCOCC2)nc1Cl. The molecule has 1 aliphatic heterocycles. The summed E-state index contributed by atoms with van der Waals surface area (Å²) < 4.78 is 10.4. The molecule has 0 atom stereocenters. The largest absolute Gasteiger partial charge is 0.479 e. The number of halogens is 1. The Labute approximate surface area is 140 Å². The van der Waals surface area contributed by atoms with Crippen LogP contribution in [0.4, 0.5) is 5.82 Å². The highest BCUT2D eigenvalue weighted by Crippen LogP contribution is 2.23. The zero-order chi connectivity index (χ0) is 16.7. The Balaban J connectivity index is 1.96. The van der Waals surface area contributed by atoms with E-state index in [2.05, 4.69) is 25.5 Å². The van der Waals surface area contributed by atoms with E-state index in [-0.39, 0.29) is 22.6 Å². The number of nitrogens with one attached hydrogen (secondary N) is 2. The summed E-state index contributed by atoms with van der Waals surface area (Å²) in [5, 5.41) is 5.93. The maximum Gasteiger partial charge on any atom is 0.275 e. The predicted octanol–water partition coefficient (Wildman–Crippen LogP) is 0.632. The van der Waals surface area contributed by atoms with Crippen LogP contribution in [0.15, 0.2) is 0 Å². The van der Waals surface area contributed by atoms with Gasteiger partial charge in [0.15, 0.2) is 16.7 Å². The van der Waals surface area contributed by atoms with Crippen molar-refractivity contribution in [1.82, 2.24) is 20.2 Å². The number of carbonyl (C=O) groups excluding carboxylic acids is 1. The maximum atomic E-state index is 12.3. The van der Waals surface area contributed by atoms with E-state index >= 15 is 0 Å². The van der Waals surface area contributed by atoms with Crippen molar-refractivity contribution in [2.45, 2.75) is 6.92 Å². The number of morpholine rings is 1. The highest BCUT2D eigenvalue weighted by atomic mass is 35.5. The standard InChI is InChI=1S/C14H22ClN5O3/c1-3-16-12-11(15)18-10(14(19-12)22-2)13(21)17-4-5-20-6-8-23-9-7-20/h3-9H2,1-2H3,(H,16,19)(H,17,21). The molecule has 0 saturated carbocycles. The van der Waals surface area contributed by atoms with Gasteiger partial charge in [-0.05, 0) is 6.92 Å². The summed E-state index contributed by atoms with van der Waals surface area (Å²) in [6.45, 7) is 7.04. The summed E-state index contributed by atoms with van der Waals surface area (Å²) in [7, 11) is 1.44. The highest BCUT2D eigenvalue weighted by Gasteiger charge is 2.19. The molecule has 2 heterocycles. The molecule has 0 unspecified atom stereocenters. The van der Waals surface area contributed by atoms with Crippen LogP contribution in [-0.4, -0.2) is 73.8 Å². The van der Waals surface area contributed by atoms with Crippen molar-refractivity contribution in [2.24, 2.45) is 0 Å². The molecule has 1 saturated heterocycles. The molecule has 1 amide bonds. The first-order chi connectivity index (χ1) is 11.2. The molecule has 0 spiro atoms. The first kappa shape index (κ1) is 17.7. The van der Waals surface area contributed by atoms with Crippen LogP contribution in [0.25, 0.3) is 0 Å². The summed E-state index contributed by atoms with van der Waals surface area (Å²) in [5.74, 6) is 0.192. The van der Waals surface area contributed by atoms with Gasteiger partial charge in [0, 0.05) is 32.7 Å². The van der Waals surface area contributed by atoms with Crippen LogP contribution in [0.1, 0.15) is 17.4 Å². The van der Waals surface area contributed by atoms with Gasteiger partial charge >= 0.3 is 0 Å². The second-order valence-corrected chi connectivity index (χ2v) is 5.32. The third-order valence-electron chi connectivity index (χ3n) is 3.39. The first-order valence-corrected chi connectivity index (χ1v) is 7.97. The summed E-state index contributed by atoms with van der Waals surface area (Å²) in [6.07, 6.45) is 0. The Morgan fingerprint density at radius 3 is 2.78 bits per heavy atom. The van der Waals surface area contributed by atoms with Crippen LogP contribution in [0, 0.1) is 0 Å². The molecule has 9 heteroatoms. The van der Waals surface area contributed by atoms with E-state index in [1.165, 1.54) is 7.11 Å². The lowest BCUT2D eigenvalue weighted by Crippen LogP contribution is -2.41. The second-order valence-electron chi connectivity index (χ2n) is 4.96. The number of methoxy groups -OCH3 is 1. The number of hydrogen-bond acceptors (Lipinski definition) is 7. The number of ether oxygens (including phenoxy) is 2. The van der Waals surface area contributed by atoms with Crippen LogP contribution in [0.5, 0.6) is 5.88 Å². The molecule has 0 aromatic carbocycles. The Bertz CT molecular complexity index is 537. The fourth-order valence-electron chi connectivity index (χ4n) is 2.21. The van der Waals surface area contributed by atoms with Gasteiger partial charge in [-0.25, -0.2) is 4.98 Å². The number of hydrogen-bond donors (Lipinski definition) is 2. The highest BCUT2D eigenvalue weighted by molar-refractivity contribution is 6.31. The van der Waals surface area contributed by atoms with Crippen molar-refractivity contribution in [1.29, 1.82) is 0 Å². The van der Waals surface area contributed by atoms with Gasteiger partial charge in [-0.1, -0.05) is 11.6 Å². The van der Waals surface area contributed by atoms with E-state index in [1.807, 2.05) is 6.92 Å². The quantitative estimate of drug-likeness (QED) is 0.750. The maximum absolute atomic E-state index is 12.3. The van der Waals surface area contributed by atoms with Gasteiger partial charge < -0.3 is 20.1 Å². The molecule has 1 fully saturated rings. The van der Waals surface area contributed by atoms with Crippen molar-refractivity contribution in [3.8, 4) is 5.88 Å². The Morgan fingerprint density at radius 2 is 2.13 bits per heavy atom. The van der Waals surface area contributed by atoms with Crippen molar-refractivity contribution < 1.29 is 14.3 Å². The monoisotopic (exact) mass is 343 g/mol. The average Bonchev–Trinajstić information content (AvgIpc) is 2.57. The number of aromatic nitrogens is 2. The third-order valence-corrected chi connectivity index (χ3v) is 3.65. The number of nitrogens with zero attached hydrogens (tertiary/aromatic N) is 3. The molecule has 2 rings (SSSR count). The molecule has 0 aliphatic carbocycles. The molecule has 0 radical (unpaired) electrons. The van der Waals surface area contributed by atoms with Gasteiger partial charge in [-0.15, -0.1) is 0 Å². The Kier molecular flexibility index (Phi) is 6.82. The topological polar surface area (TPSA) is 88.6 Å². The van der Waals surface area contributed by atoms with Crippen molar-refractivity contribution in [2.75, 3.05) is 58.4 Å². The molecular weight excluding hydrogens is 322 g/mol. The van der Waals surface area contributed by atoms with Crippen molar-refractivity contribution >= 4 is 23.3 Å². The minimum absolute atomic E-state index is 0.0844. The molecule has 8 nitrogen and oxygen atoms in total. The molecule has 1 aliphatic rings. The van der Waals surface area contributed by atoms with Crippen LogP contribution < -0.4 is 15.4 Å². The normalized spacial score (nSPS) is 15.3. The summed E-state index contributed by atoms with van der Waals surface area (Å²) >= 11 is 6.04. The van der Waals surface area contributed by atoms with Gasteiger partial charge in [0.25, 0.3) is 5.91 Å². The van der Waals surface area contributed by atoms with E-state index in [0.29, 0.717) is 18.9 Å². The van der Waals surface area contributed by atoms with E-state index < -0.39 is 0 Å². The average molecular weight is 344 g/mol.